The highest BCUT2D eigenvalue weighted by Crippen LogP contribution is 2.16. The Morgan fingerprint density at radius 1 is 1.17 bits per heavy atom. The van der Waals surface area contributed by atoms with E-state index in [4.69, 9.17) is 4.74 Å². The van der Waals surface area contributed by atoms with Crippen molar-refractivity contribution in [3.8, 4) is 0 Å². The Labute approximate surface area is 107 Å². The summed E-state index contributed by atoms with van der Waals surface area (Å²) in [5, 5.41) is 0. The number of carbonyl (C=O) groups is 2. The van der Waals surface area contributed by atoms with Crippen LogP contribution in [0, 0.1) is 0 Å². The summed E-state index contributed by atoms with van der Waals surface area (Å²) < 4.78 is 5.39. The van der Waals surface area contributed by atoms with Gasteiger partial charge in [0.2, 0.25) is 5.91 Å². The molecule has 0 aliphatic carbocycles. The average molecular weight is 252 g/mol. The summed E-state index contributed by atoms with van der Waals surface area (Å²) in [7, 11) is 0. The van der Waals surface area contributed by atoms with Gasteiger partial charge >= 0.3 is 0 Å². The molecular formula is C13H20N2O3. The fourth-order valence-corrected chi connectivity index (χ4v) is 2.38. The lowest BCUT2D eigenvalue weighted by Crippen LogP contribution is -2.52. The molecule has 0 aromatic rings. The van der Waals surface area contributed by atoms with E-state index >= 15 is 0 Å². The maximum atomic E-state index is 12.1. The Morgan fingerprint density at radius 2 is 1.78 bits per heavy atom. The zero-order valence-corrected chi connectivity index (χ0v) is 10.9. The van der Waals surface area contributed by atoms with Gasteiger partial charge in [-0.05, 0) is 19.8 Å². The van der Waals surface area contributed by atoms with E-state index in [1.54, 1.807) is 16.7 Å². The predicted octanol–water partition coefficient (Wildman–Crippen LogP) is 0.412. The molecule has 18 heavy (non-hydrogen) atoms. The van der Waals surface area contributed by atoms with Gasteiger partial charge in [-0.1, -0.05) is 6.58 Å². The SMILES string of the molecule is C=C(C)C(=O)N1CCN(C(=O)C2CCCO2)CC1. The van der Waals surface area contributed by atoms with E-state index in [2.05, 4.69) is 6.58 Å². The molecule has 2 amide bonds. The summed E-state index contributed by atoms with van der Waals surface area (Å²) in [4.78, 5) is 27.4. The van der Waals surface area contributed by atoms with Crippen LogP contribution in [0.4, 0.5) is 0 Å². The fourth-order valence-electron chi connectivity index (χ4n) is 2.38. The summed E-state index contributed by atoms with van der Waals surface area (Å²) in [5.41, 5.74) is 0.550. The van der Waals surface area contributed by atoms with Crippen molar-refractivity contribution in [2.45, 2.75) is 25.9 Å². The second-order valence-corrected chi connectivity index (χ2v) is 4.90. The van der Waals surface area contributed by atoms with Crippen LogP contribution in [0.15, 0.2) is 12.2 Å². The van der Waals surface area contributed by atoms with Gasteiger partial charge in [0.1, 0.15) is 6.10 Å². The van der Waals surface area contributed by atoms with Crippen molar-refractivity contribution in [3.63, 3.8) is 0 Å². The first-order valence-corrected chi connectivity index (χ1v) is 6.45. The molecule has 0 aromatic carbocycles. The van der Waals surface area contributed by atoms with E-state index in [0.717, 1.165) is 12.8 Å². The zero-order chi connectivity index (χ0) is 13.1. The molecule has 0 spiro atoms. The summed E-state index contributed by atoms with van der Waals surface area (Å²) in [6.07, 6.45) is 1.53. The van der Waals surface area contributed by atoms with Crippen LogP contribution < -0.4 is 0 Å². The lowest BCUT2D eigenvalue weighted by Gasteiger charge is -2.35. The molecule has 100 valence electrons. The Balaban J connectivity index is 1.84. The van der Waals surface area contributed by atoms with Crippen molar-refractivity contribution in [3.05, 3.63) is 12.2 Å². The summed E-state index contributed by atoms with van der Waals surface area (Å²) >= 11 is 0. The smallest absolute Gasteiger partial charge is 0.251 e. The first kappa shape index (κ1) is 13.1. The van der Waals surface area contributed by atoms with Crippen LogP contribution in [0.3, 0.4) is 0 Å². The Hall–Kier alpha value is -1.36. The summed E-state index contributed by atoms with van der Waals surface area (Å²) in [6.45, 7) is 8.42. The molecule has 0 aromatic heterocycles. The standard InChI is InChI=1S/C13H20N2O3/c1-10(2)12(16)14-5-7-15(8-6-14)13(17)11-4-3-9-18-11/h11H,1,3-9H2,2H3. The van der Waals surface area contributed by atoms with Crippen LogP contribution in [-0.4, -0.2) is 60.5 Å². The Kier molecular flexibility index (Phi) is 4.01. The van der Waals surface area contributed by atoms with Gasteiger partial charge in [0.25, 0.3) is 5.91 Å². The molecule has 2 heterocycles. The third kappa shape index (κ3) is 2.72. The van der Waals surface area contributed by atoms with Crippen LogP contribution in [0.25, 0.3) is 0 Å². The van der Waals surface area contributed by atoms with Gasteiger partial charge in [-0.25, -0.2) is 0 Å². The van der Waals surface area contributed by atoms with E-state index < -0.39 is 0 Å². The van der Waals surface area contributed by atoms with Gasteiger partial charge in [0.15, 0.2) is 0 Å². The quantitative estimate of drug-likeness (QED) is 0.669. The van der Waals surface area contributed by atoms with Crippen molar-refractivity contribution in [1.29, 1.82) is 0 Å². The second-order valence-electron chi connectivity index (χ2n) is 4.90. The fraction of sp³-hybridized carbons (Fsp3) is 0.692. The minimum Gasteiger partial charge on any atom is -0.368 e. The van der Waals surface area contributed by atoms with Crippen molar-refractivity contribution in [2.24, 2.45) is 0 Å². The Bertz CT molecular complexity index is 353. The van der Waals surface area contributed by atoms with Crippen molar-refractivity contribution >= 4 is 11.8 Å². The van der Waals surface area contributed by atoms with E-state index in [0.29, 0.717) is 38.4 Å². The second kappa shape index (κ2) is 5.52. The number of hydrogen-bond donors (Lipinski definition) is 0. The van der Waals surface area contributed by atoms with Crippen LogP contribution in [0.5, 0.6) is 0 Å². The largest absolute Gasteiger partial charge is 0.368 e. The van der Waals surface area contributed by atoms with Crippen LogP contribution >= 0.6 is 0 Å². The van der Waals surface area contributed by atoms with E-state index in [1.807, 2.05) is 0 Å². The minimum absolute atomic E-state index is 0.0146. The molecule has 2 aliphatic rings. The highest BCUT2D eigenvalue weighted by atomic mass is 16.5. The van der Waals surface area contributed by atoms with Crippen LogP contribution in [-0.2, 0) is 14.3 Å². The Morgan fingerprint density at radius 3 is 2.28 bits per heavy atom. The number of nitrogens with zero attached hydrogens (tertiary/aromatic N) is 2. The number of ether oxygens (including phenoxy) is 1. The molecule has 0 saturated carbocycles. The van der Waals surface area contributed by atoms with Gasteiger partial charge in [0, 0.05) is 38.4 Å². The van der Waals surface area contributed by atoms with Gasteiger partial charge in [-0.2, -0.15) is 0 Å². The number of piperazine rings is 1. The van der Waals surface area contributed by atoms with E-state index in [9.17, 15) is 9.59 Å². The zero-order valence-electron chi connectivity index (χ0n) is 10.9. The maximum absolute atomic E-state index is 12.1. The summed E-state index contributed by atoms with van der Waals surface area (Å²) in [6, 6.07) is 0. The maximum Gasteiger partial charge on any atom is 0.251 e. The molecule has 2 aliphatic heterocycles. The number of hydrogen-bond acceptors (Lipinski definition) is 3. The first-order chi connectivity index (χ1) is 8.59. The molecule has 5 heteroatoms. The highest BCUT2D eigenvalue weighted by molar-refractivity contribution is 5.92. The highest BCUT2D eigenvalue weighted by Gasteiger charge is 2.31. The first-order valence-electron chi connectivity index (χ1n) is 6.45. The number of carbonyl (C=O) groups excluding carboxylic acids is 2. The van der Waals surface area contributed by atoms with Crippen molar-refractivity contribution in [2.75, 3.05) is 32.8 Å². The van der Waals surface area contributed by atoms with Gasteiger partial charge in [-0.3, -0.25) is 9.59 Å². The number of amides is 2. The van der Waals surface area contributed by atoms with Gasteiger partial charge < -0.3 is 14.5 Å². The van der Waals surface area contributed by atoms with E-state index in [-0.39, 0.29) is 17.9 Å². The molecule has 1 unspecified atom stereocenters. The molecule has 2 rings (SSSR count). The van der Waals surface area contributed by atoms with E-state index in [1.165, 1.54) is 0 Å². The monoisotopic (exact) mass is 252 g/mol. The molecular weight excluding hydrogens is 232 g/mol. The lowest BCUT2D eigenvalue weighted by molar-refractivity contribution is -0.145. The third-order valence-electron chi connectivity index (χ3n) is 3.45. The number of rotatable bonds is 2. The molecule has 2 saturated heterocycles. The topological polar surface area (TPSA) is 49.9 Å². The van der Waals surface area contributed by atoms with Gasteiger partial charge in [0.05, 0.1) is 0 Å². The third-order valence-corrected chi connectivity index (χ3v) is 3.45. The van der Waals surface area contributed by atoms with Crippen molar-refractivity contribution < 1.29 is 14.3 Å². The molecule has 0 N–H and O–H groups in total. The predicted molar refractivity (Wildman–Crippen MR) is 66.9 cm³/mol. The average Bonchev–Trinajstić information content (AvgIpc) is 2.91. The van der Waals surface area contributed by atoms with Crippen LogP contribution in [0.2, 0.25) is 0 Å². The molecule has 0 radical (unpaired) electrons. The lowest BCUT2D eigenvalue weighted by atomic mass is 10.2. The molecule has 5 nitrogen and oxygen atoms in total. The normalized spacial score (nSPS) is 24.2. The molecule has 0 bridgehead atoms. The minimum atomic E-state index is -0.256. The molecule has 1 atom stereocenters. The molecule has 2 fully saturated rings. The summed E-state index contributed by atoms with van der Waals surface area (Å²) in [5.74, 6) is 0.0640. The van der Waals surface area contributed by atoms with Crippen LogP contribution in [0.1, 0.15) is 19.8 Å². The van der Waals surface area contributed by atoms with Crippen molar-refractivity contribution in [1.82, 2.24) is 9.80 Å². The van der Waals surface area contributed by atoms with Gasteiger partial charge in [-0.15, -0.1) is 0 Å².